The topological polar surface area (TPSA) is 56.8 Å². The Hall–Kier alpha value is -2.61. The minimum Gasteiger partial charge on any atom is -0.493 e. The molecule has 0 fully saturated rings. The highest BCUT2D eigenvalue weighted by Crippen LogP contribution is 2.36. The Bertz CT molecular complexity index is 812. The summed E-state index contributed by atoms with van der Waals surface area (Å²) in [6.45, 7) is 1.96. The minimum absolute atomic E-state index is 0.168. The van der Waals surface area contributed by atoms with Crippen LogP contribution < -0.4 is 19.5 Å². The highest BCUT2D eigenvalue weighted by Gasteiger charge is 2.32. The number of para-hydroxylation sites is 1. The molecule has 0 atom stereocenters. The molecule has 2 aromatic rings. The van der Waals surface area contributed by atoms with E-state index in [-0.39, 0.29) is 34.2 Å². The summed E-state index contributed by atoms with van der Waals surface area (Å²) in [5, 5.41) is 2.71. The second kappa shape index (κ2) is 8.85. The molecule has 0 heterocycles. The number of amides is 1. The molecule has 1 N–H and O–H groups in total. The number of hydrogen-bond donors (Lipinski definition) is 1. The monoisotopic (exact) mass is 403 g/mol. The zero-order chi connectivity index (χ0) is 20.0. The van der Waals surface area contributed by atoms with E-state index in [2.05, 4.69) is 10.1 Å². The summed E-state index contributed by atoms with van der Waals surface area (Å²) in [5.74, 6) is -0.342. The molecule has 0 spiro atoms. The highest BCUT2D eigenvalue weighted by molar-refractivity contribution is 6.32. The van der Waals surface area contributed by atoms with Gasteiger partial charge in [-0.2, -0.15) is 0 Å². The summed E-state index contributed by atoms with van der Waals surface area (Å²) in [6, 6.07) is 8.37. The van der Waals surface area contributed by atoms with Gasteiger partial charge >= 0.3 is 6.36 Å². The first-order valence-corrected chi connectivity index (χ1v) is 8.25. The van der Waals surface area contributed by atoms with E-state index in [9.17, 15) is 18.0 Å². The second-order valence-corrected chi connectivity index (χ2v) is 5.67. The van der Waals surface area contributed by atoms with E-state index in [0.717, 1.165) is 0 Å². The van der Waals surface area contributed by atoms with Gasteiger partial charge in [0.15, 0.2) is 11.5 Å². The van der Waals surface area contributed by atoms with Crippen molar-refractivity contribution in [2.24, 2.45) is 0 Å². The van der Waals surface area contributed by atoms with Crippen molar-refractivity contribution < 1.29 is 32.2 Å². The first-order valence-electron chi connectivity index (χ1n) is 7.87. The molecule has 0 aliphatic carbocycles. The third-order valence-electron chi connectivity index (χ3n) is 3.42. The smallest absolute Gasteiger partial charge is 0.493 e. The van der Waals surface area contributed by atoms with E-state index in [0.29, 0.717) is 12.4 Å². The van der Waals surface area contributed by atoms with Crippen molar-refractivity contribution >= 4 is 17.5 Å². The van der Waals surface area contributed by atoms with E-state index in [1.165, 1.54) is 37.4 Å². The molecule has 0 aromatic heterocycles. The van der Waals surface area contributed by atoms with Crippen molar-refractivity contribution in [1.29, 1.82) is 0 Å². The van der Waals surface area contributed by atoms with Gasteiger partial charge in [0, 0.05) is 17.7 Å². The van der Waals surface area contributed by atoms with Gasteiger partial charge in [0.25, 0.3) is 5.91 Å². The number of alkyl halides is 3. The Balaban J connectivity index is 2.16. The third-order valence-corrected chi connectivity index (χ3v) is 3.70. The number of ether oxygens (including phenoxy) is 3. The number of hydrogen-bond acceptors (Lipinski definition) is 4. The maximum Gasteiger partial charge on any atom is 0.573 e. The van der Waals surface area contributed by atoms with Crippen LogP contribution in [0.3, 0.4) is 0 Å². The molecule has 146 valence electrons. The summed E-state index contributed by atoms with van der Waals surface area (Å²) < 4.78 is 51.9. The molecule has 9 heteroatoms. The lowest BCUT2D eigenvalue weighted by Crippen LogP contribution is -2.24. The average molecular weight is 404 g/mol. The van der Waals surface area contributed by atoms with Crippen LogP contribution in [0.25, 0.3) is 0 Å². The Labute approximate surface area is 159 Å². The normalized spacial score (nSPS) is 11.0. The van der Waals surface area contributed by atoms with E-state index >= 15 is 0 Å². The summed E-state index contributed by atoms with van der Waals surface area (Å²) >= 11 is 6.12. The molecule has 0 saturated carbocycles. The van der Waals surface area contributed by atoms with E-state index in [1.54, 1.807) is 13.0 Å². The lowest BCUT2D eigenvalue weighted by molar-refractivity contribution is -0.274. The lowest BCUT2D eigenvalue weighted by Gasteiger charge is -2.15. The highest BCUT2D eigenvalue weighted by atomic mass is 35.5. The number of carbonyl (C=O) groups is 1. The quantitative estimate of drug-likeness (QED) is 0.735. The van der Waals surface area contributed by atoms with Gasteiger partial charge in [-0.3, -0.25) is 4.79 Å². The summed E-state index contributed by atoms with van der Waals surface area (Å²) in [4.78, 5) is 12.4. The number of benzene rings is 2. The molecule has 2 rings (SSSR count). The molecule has 0 aliphatic rings. The van der Waals surface area contributed by atoms with Crippen molar-refractivity contribution in [3.05, 3.63) is 52.5 Å². The van der Waals surface area contributed by atoms with Crippen LogP contribution in [0.1, 0.15) is 22.8 Å². The molecule has 1 amide bonds. The molecule has 2 aromatic carbocycles. The number of rotatable bonds is 7. The van der Waals surface area contributed by atoms with Gasteiger partial charge in [0.2, 0.25) is 0 Å². The predicted octanol–water partition coefficient (Wildman–Crippen LogP) is 4.58. The Kier molecular flexibility index (Phi) is 6.79. The Morgan fingerprint density at radius 3 is 2.52 bits per heavy atom. The maximum atomic E-state index is 12.5. The average Bonchev–Trinajstić information content (AvgIpc) is 2.61. The number of halogens is 4. The van der Waals surface area contributed by atoms with Crippen LogP contribution in [-0.4, -0.2) is 26.0 Å². The van der Waals surface area contributed by atoms with E-state index in [1.807, 2.05) is 0 Å². The molecule has 0 bridgehead atoms. The standard InChI is InChI=1S/C18H17ClF3NO4/c1-3-26-16-13(19)8-12(9-15(16)25-2)17(24)23-10-11-6-4-5-7-14(11)27-18(20,21)22/h4-9H,3,10H2,1-2H3,(H,23,24). The van der Waals surface area contributed by atoms with Crippen molar-refractivity contribution in [3.63, 3.8) is 0 Å². The van der Waals surface area contributed by atoms with Gasteiger partial charge in [-0.05, 0) is 25.1 Å². The molecule has 0 radical (unpaired) electrons. The van der Waals surface area contributed by atoms with Crippen LogP contribution in [0.2, 0.25) is 5.02 Å². The Morgan fingerprint density at radius 2 is 1.89 bits per heavy atom. The fraction of sp³-hybridized carbons (Fsp3) is 0.278. The molecular weight excluding hydrogens is 387 g/mol. The number of carbonyl (C=O) groups excluding carboxylic acids is 1. The van der Waals surface area contributed by atoms with Crippen LogP contribution in [0.4, 0.5) is 13.2 Å². The zero-order valence-electron chi connectivity index (χ0n) is 14.5. The van der Waals surface area contributed by atoms with Crippen LogP contribution in [0, 0.1) is 0 Å². The maximum absolute atomic E-state index is 12.5. The minimum atomic E-state index is -4.82. The molecule has 0 aliphatic heterocycles. The van der Waals surface area contributed by atoms with Crippen LogP contribution in [-0.2, 0) is 6.54 Å². The van der Waals surface area contributed by atoms with Crippen LogP contribution in [0.15, 0.2) is 36.4 Å². The predicted molar refractivity (Wildman–Crippen MR) is 93.5 cm³/mol. The summed E-state index contributed by atoms with van der Waals surface area (Å²) in [5.41, 5.74) is 0.349. The molecule has 0 unspecified atom stereocenters. The first-order chi connectivity index (χ1) is 12.7. The van der Waals surface area contributed by atoms with Gasteiger partial charge in [-0.25, -0.2) is 0 Å². The zero-order valence-corrected chi connectivity index (χ0v) is 15.3. The largest absolute Gasteiger partial charge is 0.573 e. The van der Waals surface area contributed by atoms with E-state index < -0.39 is 12.3 Å². The van der Waals surface area contributed by atoms with Crippen molar-refractivity contribution in [2.75, 3.05) is 13.7 Å². The van der Waals surface area contributed by atoms with Crippen LogP contribution >= 0.6 is 11.6 Å². The van der Waals surface area contributed by atoms with Gasteiger partial charge in [-0.15, -0.1) is 13.2 Å². The number of methoxy groups -OCH3 is 1. The van der Waals surface area contributed by atoms with Crippen LogP contribution in [0.5, 0.6) is 17.2 Å². The van der Waals surface area contributed by atoms with Gasteiger partial charge in [0.1, 0.15) is 5.75 Å². The fourth-order valence-electron chi connectivity index (χ4n) is 2.29. The number of nitrogens with one attached hydrogen (secondary N) is 1. The third kappa shape index (κ3) is 5.68. The SMILES string of the molecule is CCOc1c(Cl)cc(C(=O)NCc2ccccc2OC(F)(F)F)cc1OC. The molecule has 5 nitrogen and oxygen atoms in total. The first kappa shape index (κ1) is 20.7. The van der Waals surface area contributed by atoms with E-state index in [4.69, 9.17) is 21.1 Å². The summed E-state index contributed by atoms with van der Waals surface area (Å²) in [7, 11) is 1.40. The second-order valence-electron chi connectivity index (χ2n) is 5.26. The summed E-state index contributed by atoms with van der Waals surface area (Å²) in [6.07, 6.45) is -4.82. The molecule has 27 heavy (non-hydrogen) atoms. The van der Waals surface area contributed by atoms with Gasteiger partial charge < -0.3 is 19.5 Å². The molecule has 0 saturated heterocycles. The van der Waals surface area contributed by atoms with Gasteiger partial charge in [0.05, 0.1) is 18.7 Å². The van der Waals surface area contributed by atoms with Crippen molar-refractivity contribution in [2.45, 2.75) is 19.8 Å². The lowest BCUT2D eigenvalue weighted by atomic mass is 10.1. The molecular formula is C18H17ClF3NO4. The van der Waals surface area contributed by atoms with Crippen molar-refractivity contribution in [1.82, 2.24) is 5.32 Å². The Morgan fingerprint density at radius 1 is 1.19 bits per heavy atom. The van der Waals surface area contributed by atoms with Gasteiger partial charge in [-0.1, -0.05) is 29.8 Å². The van der Waals surface area contributed by atoms with Crippen molar-refractivity contribution in [3.8, 4) is 17.2 Å². The fourth-order valence-corrected chi connectivity index (χ4v) is 2.55.